The SMILES string of the molecule is CNc1ccc2ncc(C(=O)NC3CCC(C(=O)Nc4ccc(F)cc4Cl)CC3)n2n1. The predicted octanol–water partition coefficient (Wildman–Crippen LogP) is 3.49. The Labute approximate surface area is 183 Å². The fourth-order valence-corrected chi connectivity index (χ4v) is 3.96. The summed E-state index contributed by atoms with van der Waals surface area (Å²) in [5, 5.41) is 13.2. The van der Waals surface area contributed by atoms with E-state index in [2.05, 4.69) is 26.0 Å². The van der Waals surface area contributed by atoms with Gasteiger partial charge in [0.1, 0.15) is 11.6 Å². The summed E-state index contributed by atoms with van der Waals surface area (Å²) in [6, 6.07) is 7.40. The molecule has 2 aromatic heterocycles. The Balaban J connectivity index is 1.34. The number of rotatable bonds is 5. The van der Waals surface area contributed by atoms with Crippen LogP contribution in [0.1, 0.15) is 36.2 Å². The van der Waals surface area contributed by atoms with Gasteiger partial charge in [-0.05, 0) is 56.0 Å². The van der Waals surface area contributed by atoms with Crippen LogP contribution in [0, 0.1) is 11.7 Å². The molecule has 8 nitrogen and oxygen atoms in total. The summed E-state index contributed by atoms with van der Waals surface area (Å²) in [5.74, 6) is -0.414. The monoisotopic (exact) mass is 444 g/mol. The van der Waals surface area contributed by atoms with Gasteiger partial charge < -0.3 is 16.0 Å². The predicted molar refractivity (Wildman–Crippen MR) is 116 cm³/mol. The van der Waals surface area contributed by atoms with Crippen molar-refractivity contribution in [2.45, 2.75) is 31.7 Å². The number of benzene rings is 1. The molecule has 162 valence electrons. The quantitative estimate of drug-likeness (QED) is 0.559. The molecule has 31 heavy (non-hydrogen) atoms. The van der Waals surface area contributed by atoms with Crippen molar-refractivity contribution >= 4 is 40.6 Å². The number of imidazole rings is 1. The first-order valence-corrected chi connectivity index (χ1v) is 10.4. The molecule has 0 atom stereocenters. The molecule has 1 aromatic carbocycles. The molecular formula is C21H22ClFN6O2. The third-order valence-electron chi connectivity index (χ3n) is 5.47. The summed E-state index contributed by atoms with van der Waals surface area (Å²) in [4.78, 5) is 29.5. The third kappa shape index (κ3) is 4.61. The molecule has 1 aliphatic rings. The van der Waals surface area contributed by atoms with E-state index < -0.39 is 5.82 Å². The maximum atomic E-state index is 13.2. The van der Waals surface area contributed by atoms with E-state index in [1.165, 1.54) is 22.8 Å². The Kier molecular flexibility index (Phi) is 6.03. The fourth-order valence-electron chi connectivity index (χ4n) is 3.75. The molecule has 0 radical (unpaired) electrons. The minimum atomic E-state index is -0.456. The van der Waals surface area contributed by atoms with Gasteiger partial charge in [0.25, 0.3) is 5.91 Å². The van der Waals surface area contributed by atoms with Crippen LogP contribution in [-0.2, 0) is 4.79 Å². The molecule has 10 heteroatoms. The molecule has 0 saturated heterocycles. The van der Waals surface area contributed by atoms with Crippen LogP contribution in [0.2, 0.25) is 5.02 Å². The van der Waals surface area contributed by atoms with E-state index in [4.69, 9.17) is 11.6 Å². The summed E-state index contributed by atoms with van der Waals surface area (Å²) in [7, 11) is 1.75. The molecule has 0 spiro atoms. The van der Waals surface area contributed by atoms with Crippen molar-refractivity contribution in [3.8, 4) is 0 Å². The van der Waals surface area contributed by atoms with E-state index in [9.17, 15) is 14.0 Å². The average Bonchev–Trinajstić information content (AvgIpc) is 3.19. The first-order valence-electron chi connectivity index (χ1n) is 10.0. The van der Waals surface area contributed by atoms with Gasteiger partial charge in [-0.15, -0.1) is 5.10 Å². The van der Waals surface area contributed by atoms with Crippen LogP contribution in [0.15, 0.2) is 36.5 Å². The molecule has 1 fully saturated rings. The third-order valence-corrected chi connectivity index (χ3v) is 5.79. The van der Waals surface area contributed by atoms with Crippen LogP contribution in [0.4, 0.5) is 15.9 Å². The minimum absolute atomic E-state index is 0.0380. The van der Waals surface area contributed by atoms with Crippen LogP contribution in [-0.4, -0.2) is 39.5 Å². The first-order chi connectivity index (χ1) is 14.9. The largest absolute Gasteiger partial charge is 0.372 e. The second-order valence-electron chi connectivity index (χ2n) is 7.52. The standard InChI is InChI=1S/C21H22ClFN6O2/c1-24-18-8-9-19-25-11-17(29(19)28-18)21(31)26-14-5-2-12(3-6-14)20(30)27-16-7-4-13(23)10-15(16)22/h4,7-12,14H,2-3,5-6H2,1H3,(H,24,28)(H,26,31)(H,27,30). The molecule has 3 aromatic rings. The highest BCUT2D eigenvalue weighted by Gasteiger charge is 2.28. The van der Waals surface area contributed by atoms with Gasteiger partial charge in [0.2, 0.25) is 5.91 Å². The Bertz CT molecular complexity index is 1130. The highest BCUT2D eigenvalue weighted by molar-refractivity contribution is 6.33. The number of hydrogen-bond donors (Lipinski definition) is 3. The number of hydrogen-bond acceptors (Lipinski definition) is 5. The summed E-state index contributed by atoms with van der Waals surface area (Å²) in [6.45, 7) is 0. The van der Waals surface area contributed by atoms with E-state index in [0.29, 0.717) is 48.5 Å². The number of carbonyl (C=O) groups excluding carboxylic acids is 2. The van der Waals surface area contributed by atoms with E-state index in [-0.39, 0.29) is 28.8 Å². The van der Waals surface area contributed by atoms with Gasteiger partial charge in [-0.2, -0.15) is 0 Å². The first kappa shape index (κ1) is 21.0. The zero-order chi connectivity index (χ0) is 22.0. The highest BCUT2D eigenvalue weighted by atomic mass is 35.5. The molecule has 1 aliphatic carbocycles. The second kappa shape index (κ2) is 8.89. The van der Waals surface area contributed by atoms with Crippen molar-refractivity contribution in [3.05, 3.63) is 53.1 Å². The van der Waals surface area contributed by atoms with Crippen LogP contribution in [0.25, 0.3) is 5.65 Å². The molecule has 0 bridgehead atoms. The van der Waals surface area contributed by atoms with Crippen molar-refractivity contribution in [2.75, 3.05) is 17.7 Å². The van der Waals surface area contributed by atoms with Crippen LogP contribution >= 0.6 is 11.6 Å². The topological polar surface area (TPSA) is 100 Å². The van der Waals surface area contributed by atoms with Crippen LogP contribution in [0.3, 0.4) is 0 Å². The maximum absolute atomic E-state index is 13.2. The smallest absolute Gasteiger partial charge is 0.271 e. The van der Waals surface area contributed by atoms with E-state index in [1.54, 1.807) is 19.2 Å². The van der Waals surface area contributed by atoms with Gasteiger partial charge in [0.15, 0.2) is 11.3 Å². The lowest BCUT2D eigenvalue weighted by atomic mass is 9.85. The van der Waals surface area contributed by atoms with Gasteiger partial charge in [0.05, 0.1) is 16.9 Å². The maximum Gasteiger partial charge on any atom is 0.271 e. The number of carbonyl (C=O) groups is 2. The Morgan fingerprint density at radius 2 is 1.94 bits per heavy atom. The zero-order valence-corrected chi connectivity index (χ0v) is 17.6. The number of anilines is 2. The van der Waals surface area contributed by atoms with Crippen molar-refractivity contribution in [2.24, 2.45) is 5.92 Å². The Hall–Kier alpha value is -3.20. The Morgan fingerprint density at radius 3 is 2.65 bits per heavy atom. The minimum Gasteiger partial charge on any atom is -0.372 e. The van der Waals surface area contributed by atoms with Crippen molar-refractivity contribution in [3.63, 3.8) is 0 Å². The van der Waals surface area contributed by atoms with E-state index >= 15 is 0 Å². The summed E-state index contributed by atoms with van der Waals surface area (Å²) >= 11 is 5.98. The molecule has 2 heterocycles. The molecule has 4 rings (SSSR count). The average molecular weight is 445 g/mol. The molecule has 1 saturated carbocycles. The van der Waals surface area contributed by atoms with Gasteiger partial charge >= 0.3 is 0 Å². The van der Waals surface area contributed by atoms with Crippen molar-refractivity contribution < 1.29 is 14.0 Å². The highest BCUT2D eigenvalue weighted by Crippen LogP contribution is 2.28. The van der Waals surface area contributed by atoms with Gasteiger partial charge in [-0.25, -0.2) is 13.9 Å². The van der Waals surface area contributed by atoms with Gasteiger partial charge in [-0.1, -0.05) is 11.6 Å². The van der Waals surface area contributed by atoms with Crippen LogP contribution < -0.4 is 16.0 Å². The normalized spacial score (nSPS) is 18.5. The lowest BCUT2D eigenvalue weighted by Gasteiger charge is -2.28. The zero-order valence-electron chi connectivity index (χ0n) is 16.9. The van der Waals surface area contributed by atoms with Crippen molar-refractivity contribution in [1.29, 1.82) is 0 Å². The number of amides is 2. The number of fused-ring (bicyclic) bond motifs is 1. The van der Waals surface area contributed by atoms with E-state index in [0.717, 1.165) is 6.07 Å². The summed E-state index contributed by atoms with van der Waals surface area (Å²) in [5.41, 5.74) is 1.34. The Morgan fingerprint density at radius 1 is 1.16 bits per heavy atom. The summed E-state index contributed by atoms with van der Waals surface area (Å²) < 4.78 is 14.7. The van der Waals surface area contributed by atoms with Gasteiger partial charge in [-0.3, -0.25) is 9.59 Å². The lowest BCUT2D eigenvalue weighted by molar-refractivity contribution is -0.120. The number of aromatic nitrogens is 3. The molecule has 3 N–H and O–H groups in total. The van der Waals surface area contributed by atoms with Crippen LogP contribution in [0.5, 0.6) is 0 Å². The second-order valence-corrected chi connectivity index (χ2v) is 7.92. The molecule has 2 amide bonds. The van der Waals surface area contributed by atoms with E-state index in [1.807, 2.05) is 0 Å². The number of halogens is 2. The lowest BCUT2D eigenvalue weighted by Crippen LogP contribution is -2.40. The number of nitrogens with zero attached hydrogens (tertiary/aromatic N) is 3. The van der Waals surface area contributed by atoms with Gasteiger partial charge in [0, 0.05) is 19.0 Å². The summed E-state index contributed by atoms with van der Waals surface area (Å²) in [6.07, 6.45) is 4.11. The molecule has 0 aliphatic heterocycles. The molecular weight excluding hydrogens is 423 g/mol. The fraction of sp³-hybridized carbons (Fsp3) is 0.333. The van der Waals surface area contributed by atoms with Crippen molar-refractivity contribution in [1.82, 2.24) is 19.9 Å². The number of nitrogens with one attached hydrogen (secondary N) is 3. The molecule has 0 unspecified atom stereocenters.